The van der Waals surface area contributed by atoms with Crippen LogP contribution in [-0.4, -0.2) is 38.0 Å². The maximum Gasteiger partial charge on any atom is 0.397 e. The quantitative estimate of drug-likeness (QED) is 0.309. The van der Waals surface area contributed by atoms with Gasteiger partial charge in [-0.15, -0.1) is 0 Å². The molecule has 8 heteroatoms. The molecule has 0 radical (unpaired) electrons. The molecule has 0 aromatic rings. The molecular formula is C10H18NO6P. The lowest BCUT2D eigenvalue weighted by Crippen LogP contribution is -2.33. The SMILES string of the molecule is C=CCOC(=O)C(=O)NCP(=O)(OCC)OCC. The number of carbonyl (C=O) groups is 2. The van der Waals surface area contributed by atoms with E-state index in [4.69, 9.17) is 9.05 Å². The highest BCUT2D eigenvalue weighted by molar-refractivity contribution is 7.53. The van der Waals surface area contributed by atoms with Gasteiger partial charge in [-0.05, 0) is 13.8 Å². The third-order valence-electron chi connectivity index (χ3n) is 1.60. The van der Waals surface area contributed by atoms with Gasteiger partial charge in [0.1, 0.15) is 12.9 Å². The first-order valence-electron chi connectivity index (χ1n) is 5.43. The summed E-state index contributed by atoms with van der Waals surface area (Å²) in [6.07, 6.45) is 0.952. The van der Waals surface area contributed by atoms with Gasteiger partial charge in [0.25, 0.3) is 0 Å². The van der Waals surface area contributed by atoms with E-state index in [9.17, 15) is 14.2 Å². The van der Waals surface area contributed by atoms with E-state index >= 15 is 0 Å². The molecule has 1 amide bonds. The van der Waals surface area contributed by atoms with Crippen LogP contribution in [0.4, 0.5) is 0 Å². The number of rotatable bonds is 8. The van der Waals surface area contributed by atoms with Crippen LogP contribution in [0.15, 0.2) is 12.7 Å². The van der Waals surface area contributed by atoms with E-state index < -0.39 is 19.5 Å². The van der Waals surface area contributed by atoms with Crippen LogP contribution in [0.3, 0.4) is 0 Å². The Labute approximate surface area is 106 Å². The van der Waals surface area contributed by atoms with Gasteiger partial charge >= 0.3 is 19.5 Å². The van der Waals surface area contributed by atoms with Crippen molar-refractivity contribution in [1.82, 2.24) is 5.32 Å². The highest BCUT2D eigenvalue weighted by Gasteiger charge is 2.26. The Kier molecular flexibility index (Phi) is 8.28. The molecule has 0 aliphatic rings. The first-order chi connectivity index (χ1) is 8.49. The summed E-state index contributed by atoms with van der Waals surface area (Å²) in [7, 11) is -3.40. The number of amides is 1. The molecule has 0 aromatic heterocycles. The number of esters is 1. The highest BCUT2D eigenvalue weighted by atomic mass is 31.2. The van der Waals surface area contributed by atoms with Crippen molar-refractivity contribution in [2.75, 3.05) is 26.1 Å². The molecule has 1 N–H and O–H groups in total. The molecule has 0 heterocycles. The summed E-state index contributed by atoms with van der Waals surface area (Å²) in [5.74, 6) is -2.08. The molecule has 0 atom stereocenters. The highest BCUT2D eigenvalue weighted by Crippen LogP contribution is 2.46. The minimum atomic E-state index is -3.40. The lowest BCUT2D eigenvalue weighted by Gasteiger charge is -2.16. The maximum absolute atomic E-state index is 11.9. The van der Waals surface area contributed by atoms with Crippen molar-refractivity contribution in [2.45, 2.75) is 13.8 Å². The summed E-state index contributed by atoms with van der Waals surface area (Å²) in [6, 6.07) is 0. The van der Waals surface area contributed by atoms with Crippen molar-refractivity contribution in [3.63, 3.8) is 0 Å². The van der Waals surface area contributed by atoms with Crippen molar-refractivity contribution in [3.05, 3.63) is 12.7 Å². The van der Waals surface area contributed by atoms with Crippen LogP contribution in [0.2, 0.25) is 0 Å². The second-order valence-electron chi connectivity index (χ2n) is 3.00. The average Bonchev–Trinajstić information content (AvgIpc) is 2.33. The molecule has 104 valence electrons. The molecule has 0 unspecified atom stereocenters. The van der Waals surface area contributed by atoms with Gasteiger partial charge in [0, 0.05) is 0 Å². The first-order valence-corrected chi connectivity index (χ1v) is 7.15. The van der Waals surface area contributed by atoms with Gasteiger partial charge in [0.2, 0.25) is 0 Å². The Bertz CT molecular complexity index is 333. The van der Waals surface area contributed by atoms with Gasteiger partial charge in [-0.1, -0.05) is 12.7 Å². The van der Waals surface area contributed by atoms with Gasteiger partial charge in [-0.3, -0.25) is 9.36 Å². The third kappa shape index (κ3) is 6.54. The van der Waals surface area contributed by atoms with Crippen LogP contribution in [-0.2, 0) is 27.9 Å². The van der Waals surface area contributed by atoms with Gasteiger partial charge < -0.3 is 19.1 Å². The molecule has 0 saturated carbocycles. The van der Waals surface area contributed by atoms with E-state index in [-0.39, 0.29) is 26.1 Å². The Morgan fingerprint density at radius 2 is 1.83 bits per heavy atom. The molecule has 0 aromatic carbocycles. The fourth-order valence-electron chi connectivity index (χ4n) is 0.963. The number of hydrogen-bond acceptors (Lipinski definition) is 6. The zero-order chi connectivity index (χ0) is 14.0. The predicted octanol–water partition coefficient (Wildman–Crippen LogP) is 1.06. The number of carbonyl (C=O) groups excluding carboxylic acids is 2. The van der Waals surface area contributed by atoms with Crippen molar-refractivity contribution < 1.29 is 27.9 Å². The number of nitrogens with one attached hydrogen (secondary N) is 1. The Balaban J connectivity index is 4.26. The van der Waals surface area contributed by atoms with E-state index in [0.29, 0.717) is 0 Å². The summed E-state index contributed by atoms with van der Waals surface area (Å²) < 4.78 is 26.3. The molecule has 18 heavy (non-hydrogen) atoms. The van der Waals surface area contributed by atoms with Crippen molar-refractivity contribution in [3.8, 4) is 0 Å². The molecule has 0 aliphatic carbocycles. The van der Waals surface area contributed by atoms with Gasteiger partial charge in [0.05, 0.1) is 13.2 Å². The normalized spacial score (nSPS) is 10.8. The number of ether oxygens (including phenoxy) is 1. The lowest BCUT2D eigenvalue weighted by atomic mass is 10.6. The van der Waals surface area contributed by atoms with Crippen LogP contribution >= 0.6 is 7.60 Å². The predicted molar refractivity (Wildman–Crippen MR) is 65.0 cm³/mol. The summed E-state index contributed by atoms with van der Waals surface area (Å²) >= 11 is 0. The van der Waals surface area contributed by atoms with Crippen molar-refractivity contribution in [1.29, 1.82) is 0 Å². The Hall–Kier alpha value is -1.17. The van der Waals surface area contributed by atoms with E-state index in [1.54, 1.807) is 13.8 Å². The maximum atomic E-state index is 11.9. The van der Waals surface area contributed by atoms with Gasteiger partial charge in [-0.25, -0.2) is 4.79 Å². The minimum absolute atomic E-state index is 0.0686. The molecule has 7 nitrogen and oxygen atoms in total. The summed E-state index contributed by atoms with van der Waals surface area (Å²) in [4.78, 5) is 22.3. The Morgan fingerprint density at radius 3 is 2.28 bits per heavy atom. The largest absolute Gasteiger partial charge is 0.454 e. The van der Waals surface area contributed by atoms with Gasteiger partial charge in [-0.2, -0.15) is 0 Å². The Morgan fingerprint density at radius 1 is 1.28 bits per heavy atom. The zero-order valence-electron chi connectivity index (χ0n) is 10.5. The fraction of sp³-hybridized carbons (Fsp3) is 0.600. The molecule has 0 saturated heterocycles. The molecule has 0 fully saturated rings. The second kappa shape index (κ2) is 8.85. The number of hydrogen-bond donors (Lipinski definition) is 1. The summed E-state index contributed by atoms with van der Waals surface area (Å²) in [6.45, 7) is 6.90. The van der Waals surface area contributed by atoms with Crippen LogP contribution < -0.4 is 5.32 Å². The van der Waals surface area contributed by atoms with Crippen LogP contribution in [0, 0.1) is 0 Å². The topological polar surface area (TPSA) is 90.9 Å². The van der Waals surface area contributed by atoms with Crippen molar-refractivity contribution in [2.24, 2.45) is 0 Å². The third-order valence-corrected chi connectivity index (χ3v) is 3.45. The van der Waals surface area contributed by atoms with Crippen LogP contribution in [0.5, 0.6) is 0 Å². The van der Waals surface area contributed by atoms with E-state index in [2.05, 4.69) is 16.6 Å². The molecule has 0 spiro atoms. The summed E-state index contributed by atoms with van der Waals surface area (Å²) in [5, 5.41) is 2.14. The monoisotopic (exact) mass is 279 g/mol. The molecule has 0 rings (SSSR count). The fourth-order valence-corrected chi connectivity index (χ4v) is 2.34. The van der Waals surface area contributed by atoms with Gasteiger partial charge in [0.15, 0.2) is 0 Å². The minimum Gasteiger partial charge on any atom is -0.454 e. The van der Waals surface area contributed by atoms with E-state index in [1.807, 2.05) is 0 Å². The van der Waals surface area contributed by atoms with E-state index in [0.717, 1.165) is 0 Å². The average molecular weight is 279 g/mol. The molecule has 0 aliphatic heterocycles. The lowest BCUT2D eigenvalue weighted by molar-refractivity contribution is -0.153. The van der Waals surface area contributed by atoms with Crippen LogP contribution in [0.1, 0.15) is 13.8 Å². The summed E-state index contributed by atoms with van der Waals surface area (Å²) in [5.41, 5.74) is 0. The molecular weight excluding hydrogens is 261 g/mol. The zero-order valence-corrected chi connectivity index (χ0v) is 11.4. The first kappa shape index (κ1) is 16.8. The van der Waals surface area contributed by atoms with Crippen LogP contribution in [0.25, 0.3) is 0 Å². The van der Waals surface area contributed by atoms with E-state index in [1.165, 1.54) is 6.08 Å². The smallest absolute Gasteiger partial charge is 0.397 e. The standard InChI is InChI=1S/C10H18NO6P/c1-4-7-15-10(13)9(12)11-8-18(14,16-5-2)17-6-3/h4H,1,5-8H2,2-3H3,(H,11,12). The van der Waals surface area contributed by atoms with Crippen molar-refractivity contribution >= 4 is 19.5 Å². The molecule has 0 bridgehead atoms. The second-order valence-corrected chi connectivity index (χ2v) is 5.05.